The van der Waals surface area contributed by atoms with E-state index in [0.717, 1.165) is 12.1 Å². The van der Waals surface area contributed by atoms with Crippen LogP contribution in [0, 0.1) is 0 Å². The number of hydrogen-bond donors (Lipinski definition) is 0. The van der Waals surface area contributed by atoms with Crippen LogP contribution in [0.1, 0.15) is 16.1 Å². The molecule has 0 unspecified atom stereocenters. The molecule has 0 amide bonds. The lowest BCUT2D eigenvalue weighted by Gasteiger charge is -2.08. The summed E-state index contributed by atoms with van der Waals surface area (Å²) >= 11 is 5.71. The summed E-state index contributed by atoms with van der Waals surface area (Å²) in [5.41, 5.74) is -0.238. The SMILES string of the molecule is O=Cc1nc(-c2cccc(C(F)(F)F)c2)ccc1Cl. The van der Waals surface area contributed by atoms with Crippen molar-refractivity contribution in [3.05, 3.63) is 52.7 Å². The lowest BCUT2D eigenvalue weighted by Crippen LogP contribution is -2.04. The molecule has 1 heterocycles. The highest BCUT2D eigenvalue weighted by Crippen LogP contribution is 2.32. The maximum absolute atomic E-state index is 12.6. The molecular weight excluding hydrogens is 279 g/mol. The van der Waals surface area contributed by atoms with E-state index in [4.69, 9.17) is 11.6 Å². The van der Waals surface area contributed by atoms with E-state index in [9.17, 15) is 18.0 Å². The van der Waals surface area contributed by atoms with Gasteiger partial charge in [0.1, 0.15) is 5.69 Å². The van der Waals surface area contributed by atoms with Crippen LogP contribution in [0.2, 0.25) is 5.02 Å². The number of pyridine rings is 1. The van der Waals surface area contributed by atoms with Crippen LogP contribution in [0.4, 0.5) is 13.2 Å². The number of alkyl halides is 3. The number of aromatic nitrogens is 1. The van der Waals surface area contributed by atoms with Crippen LogP contribution in [-0.2, 0) is 6.18 Å². The lowest BCUT2D eigenvalue weighted by molar-refractivity contribution is -0.137. The molecule has 0 aliphatic carbocycles. The second kappa shape index (κ2) is 5.01. The van der Waals surface area contributed by atoms with Crippen molar-refractivity contribution in [3.8, 4) is 11.3 Å². The number of hydrogen-bond acceptors (Lipinski definition) is 2. The van der Waals surface area contributed by atoms with E-state index in [2.05, 4.69) is 4.98 Å². The smallest absolute Gasteiger partial charge is 0.296 e. The van der Waals surface area contributed by atoms with Gasteiger partial charge >= 0.3 is 6.18 Å². The summed E-state index contributed by atoms with van der Waals surface area (Å²) in [4.78, 5) is 14.6. The zero-order chi connectivity index (χ0) is 14.0. The van der Waals surface area contributed by atoms with E-state index in [1.807, 2.05) is 0 Å². The Morgan fingerprint density at radius 2 is 1.89 bits per heavy atom. The van der Waals surface area contributed by atoms with Gasteiger partial charge in [-0.15, -0.1) is 0 Å². The van der Waals surface area contributed by atoms with E-state index < -0.39 is 11.7 Å². The van der Waals surface area contributed by atoms with E-state index in [1.165, 1.54) is 24.3 Å². The molecule has 0 saturated heterocycles. The quantitative estimate of drug-likeness (QED) is 0.773. The Bertz CT molecular complexity index is 626. The van der Waals surface area contributed by atoms with Gasteiger partial charge in [0.05, 0.1) is 16.3 Å². The summed E-state index contributed by atoms with van der Waals surface area (Å²) in [6.45, 7) is 0. The van der Waals surface area contributed by atoms with E-state index >= 15 is 0 Å². The van der Waals surface area contributed by atoms with Gasteiger partial charge in [0.2, 0.25) is 0 Å². The van der Waals surface area contributed by atoms with Crippen molar-refractivity contribution in [2.45, 2.75) is 6.18 Å². The first-order valence-corrected chi connectivity index (χ1v) is 5.59. The van der Waals surface area contributed by atoms with Gasteiger partial charge < -0.3 is 0 Å². The minimum Gasteiger partial charge on any atom is -0.296 e. The highest BCUT2D eigenvalue weighted by molar-refractivity contribution is 6.32. The maximum atomic E-state index is 12.6. The molecule has 2 aromatic rings. The number of aldehydes is 1. The number of nitrogens with zero attached hydrogens (tertiary/aromatic N) is 1. The predicted octanol–water partition coefficient (Wildman–Crippen LogP) is 4.23. The summed E-state index contributed by atoms with van der Waals surface area (Å²) in [7, 11) is 0. The molecule has 0 bridgehead atoms. The van der Waals surface area contributed by atoms with Crippen molar-refractivity contribution >= 4 is 17.9 Å². The molecule has 2 nitrogen and oxygen atoms in total. The Morgan fingerprint density at radius 1 is 1.16 bits per heavy atom. The molecule has 98 valence electrons. The number of carbonyl (C=O) groups excluding carboxylic acids is 1. The van der Waals surface area contributed by atoms with Gasteiger partial charge in [-0.05, 0) is 24.3 Å². The number of halogens is 4. The topological polar surface area (TPSA) is 30.0 Å². The third kappa shape index (κ3) is 2.93. The first-order chi connectivity index (χ1) is 8.91. The van der Waals surface area contributed by atoms with E-state index in [1.54, 1.807) is 0 Å². The summed E-state index contributed by atoms with van der Waals surface area (Å²) in [6.07, 6.45) is -3.96. The predicted molar refractivity (Wildman–Crippen MR) is 65.1 cm³/mol. The lowest BCUT2D eigenvalue weighted by atomic mass is 10.1. The van der Waals surface area contributed by atoms with Gasteiger partial charge in [0.25, 0.3) is 0 Å². The van der Waals surface area contributed by atoms with Gasteiger partial charge in [0.15, 0.2) is 6.29 Å². The van der Waals surface area contributed by atoms with E-state index in [-0.39, 0.29) is 22.0 Å². The van der Waals surface area contributed by atoms with Crippen molar-refractivity contribution in [1.82, 2.24) is 4.98 Å². The minimum atomic E-state index is -4.42. The summed E-state index contributed by atoms with van der Waals surface area (Å²) in [6, 6.07) is 7.61. The van der Waals surface area contributed by atoms with E-state index in [0.29, 0.717) is 6.29 Å². The largest absolute Gasteiger partial charge is 0.416 e. The molecule has 19 heavy (non-hydrogen) atoms. The molecule has 0 N–H and O–H groups in total. The minimum absolute atomic E-state index is 0.00317. The number of benzene rings is 1. The second-order valence-electron chi connectivity index (χ2n) is 3.76. The van der Waals surface area contributed by atoms with Crippen molar-refractivity contribution in [3.63, 3.8) is 0 Å². The summed E-state index contributed by atoms with van der Waals surface area (Å²) in [5.74, 6) is 0. The first kappa shape index (κ1) is 13.5. The fourth-order valence-corrected chi connectivity index (χ4v) is 1.71. The molecule has 1 aromatic carbocycles. The van der Waals surface area contributed by atoms with Crippen LogP contribution in [0.5, 0.6) is 0 Å². The van der Waals surface area contributed by atoms with Crippen LogP contribution in [0.3, 0.4) is 0 Å². The number of carbonyl (C=O) groups is 1. The molecule has 0 radical (unpaired) electrons. The summed E-state index contributed by atoms with van der Waals surface area (Å²) in [5, 5.41) is 0.158. The third-order valence-corrected chi connectivity index (χ3v) is 2.79. The fraction of sp³-hybridized carbons (Fsp3) is 0.0769. The van der Waals surface area contributed by atoms with Crippen LogP contribution < -0.4 is 0 Å². The Hall–Kier alpha value is -1.88. The summed E-state index contributed by atoms with van der Waals surface area (Å²) < 4.78 is 37.8. The monoisotopic (exact) mass is 285 g/mol. The first-order valence-electron chi connectivity index (χ1n) is 5.21. The average molecular weight is 286 g/mol. The van der Waals surface area contributed by atoms with Crippen LogP contribution in [-0.4, -0.2) is 11.3 Å². The van der Waals surface area contributed by atoms with Gasteiger partial charge in [0, 0.05) is 5.56 Å². The zero-order valence-corrected chi connectivity index (χ0v) is 10.2. The van der Waals surface area contributed by atoms with Crippen LogP contribution in [0.25, 0.3) is 11.3 Å². The van der Waals surface area contributed by atoms with Gasteiger partial charge in [-0.3, -0.25) is 4.79 Å². The van der Waals surface area contributed by atoms with Gasteiger partial charge in [-0.25, -0.2) is 4.98 Å². The maximum Gasteiger partial charge on any atom is 0.416 e. The van der Waals surface area contributed by atoms with Crippen molar-refractivity contribution in [1.29, 1.82) is 0 Å². The molecule has 6 heteroatoms. The Kier molecular flexibility index (Phi) is 3.57. The zero-order valence-electron chi connectivity index (χ0n) is 9.41. The second-order valence-corrected chi connectivity index (χ2v) is 4.17. The molecule has 0 fully saturated rings. The van der Waals surface area contributed by atoms with Crippen molar-refractivity contribution in [2.24, 2.45) is 0 Å². The Balaban J connectivity index is 2.50. The Labute approximate surface area is 111 Å². The molecule has 0 aliphatic rings. The molecule has 0 spiro atoms. The Morgan fingerprint density at radius 3 is 2.53 bits per heavy atom. The van der Waals surface area contributed by atoms with Crippen molar-refractivity contribution < 1.29 is 18.0 Å². The molecule has 2 rings (SSSR count). The molecule has 0 atom stereocenters. The number of rotatable bonds is 2. The average Bonchev–Trinajstić information content (AvgIpc) is 2.38. The normalized spacial score (nSPS) is 11.4. The molecule has 0 saturated carbocycles. The highest BCUT2D eigenvalue weighted by Gasteiger charge is 2.30. The highest BCUT2D eigenvalue weighted by atomic mass is 35.5. The molecule has 0 aliphatic heterocycles. The fourth-order valence-electron chi connectivity index (χ4n) is 1.56. The molecule has 1 aromatic heterocycles. The van der Waals surface area contributed by atoms with Gasteiger partial charge in [-0.1, -0.05) is 23.7 Å². The van der Waals surface area contributed by atoms with Crippen LogP contribution in [0.15, 0.2) is 36.4 Å². The standard InChI is InChI=1S/C13H7ClF3NO/c14-10-4-5-11(18-12(10)7-19)8-2-1-3-9(6-8)13(15,16)17/h1-7H. The van der Waals surface area contributed by atoms with Crippen molar-refractivity contribution in [2.75, 3.05) is 0 Å². The molecular formula is C13H7ClF3NO. The van der Waals surface area contributed by atoms with Gasteiger partial charge in [-0.2, -0.15) is 13.2 Å². The van der Waals surface area contributed by atoms with Crippen LogP contribution >= 0.6 is 11.6 Å². The third-order valence-electron chi connectivity index (χ3n) is 2.47.